The van der Waals surface area contributed by atoms with Crippen LogP contribution in [0.1, 0.15) is 90.7 Å². The largest absolute Gasteiger partial charge is 0.508 e. The lowest BCUT2D eigenvalue weighted by Crippen LogP contribution is -2.36. The second kappa shape index (κ2) is 10.7. The van der Waals surface area contributed by atoms with E-state index in [-0.39, 0.29) is 5.60 Å². The van der Waals surface area contributed by atoms with Crippen molar-refractivity contribution >= 4 is 0 Å². The minimum absolute atomic E-state index is 0.118. The van der Waals surface area contributed by atoms with Crippen molar-refractivity contribution in [2.45, 2.75) is 98.5 Å². The Hall–Kier alpha value is -1.96. The van der Waals surface area contributed by atoms with Crippen molar-refractivity contribution < 1.29 is 9.84 Å². The number of allylic oxidation sites excluding steroid dienone is 6. The maximum Gasteiger partial charge on any atom is 0.126 e. The van der Waals surface area contributed by atoms with Crippen molar-refractivity contribution in [3.05, 3.63) is 58.2 Å². The number of benzene rings is 1. The van der Waals surface area contributed by atoms with Gasteiger partial charge in [0.15, 0.2) is 0 Å². The van der Waals surface area contributed by atoms with Gasteiger partial charge in [-0.3, -0.25) is 0 Å². The molecule has 0 bridgehead atoms. The second-order valence-corrected chi connectivity index (χ2v) is 9.30. The van der Waals surface area contributed by atoms with E-state index in [1.165, 1.54) is 23.1 Å². The highest BCUT2D eigenvalue weighted by molar-refractivity contribution is 5.47. The zero-order valence-corrected chi connectivity index (χ0v) is 19.4. The van der Waals surface area contributed by atoms with E-state index in [1.807, 2.05) is 13.0 Å². The number of phenolic OH excluding ortho intramolecular Hbond substituents is 1. The number of aromatic hydroxyl groups is 1. The van der Waals surface area contributed by atoms with E-state index >= 15 is 0 Å². The summed E-state index contributed by atoms with van der Waals surface area (Å²) in [4.78, 5) is 0. The van der Waals surface area contributed by atoms with Crippen molar-refractivity contribution in [1.82, 2.24) is 0 Å². The van der Waals surface area contributed by atoms with Gasteiger partial charge in [0.25, 0.3) is 0 Å². The fraction of sp³-hybridized carbons (Fsp3) is 0.556. The Morgan fingerprint density at radius 1 is 1.00 bits per heavy atom. The van der Waals surface area contributed by atoms with Crippen molar-refractivity contribution in [3.8, 4) is 11.5 Å². The first kappa shape index (κ1) is 23.3. The number of rotatable bonds is 9. The van der Waals surface area contributed by atoms with E-state index in [9.17, 15) is 5.11 Å². The van der Waals surface area contributed by atoms with Crippen molar-refractivity contribution in [1.29, 1.82) is 0 Å². The molecule has 0 fully saturated rings. The molecule has 0 aromatic heterocycles. The highest BCUT2D eigenvalue weighted by Gasteiger charge is 2.31. The zero-order chi connectivity index (χ0) is 21.4. The van der Waals surface area contributed by atoms with E-state index in [2.05, 4.69) is 52.8 Å². The minimum Gasteiger partial charge on any atom is -0.508 e. The summed E-state index contributed by atoms with van der Waals surface area (Å²) >= 11 is 0. The van der Waals surface area contributed by atoms with Crippen LogP contribution in [0.4, 0.5) is 0 Å². The van der Waals surface area contributed by atoms with Gasteiger partial charge in [0.2, 0.25) is 0 Å². The van der Waals surface area contributed by atoms with Gasteiger partial charge >= 0.3 is 0 Å². The number of fused-ring (bicyclic) bond motifs is 1. The SMILES string of the molecule is CC(C)=CCC/C(C)=C/CC/C(C)=C/CC[C@@]1(C)CCc2cc(O)cc(C)c2O1. The van der Waals surface area contributed by atoms with Gasteiger partial charge < -0.3 is 9.84 Å². The number of aryl methyl sites for hydroxylation is 2. The van der Waals surface area contributed by atoms with E-state index in [4.69, 9.17) is 4.74 Å². The third-order valence-electron chi connectivity index (χ3n) is 5.90. The monoisotopic (exact) mass is 396 g/mol. The van der Waals surface area contributed by atoms with Crippen LogP contribution in [0.15, 0.2) is 47.1 Å². The van der Waals surface area contributed by atoms with Crippen LogP contribution in [0, 0.1) is 6.92 Å². The lowest BCUT2D eigenvalue weighted by molar-refractivity contribution is 0.0561. The van der Waals surface area contributed by atoms with Crippen LogP contribution in [-0.2, 0) is 6.42 Å². The Labute approximate surface area is 178 Å². The molecule has 2 heteroatoms. The van der Waals surface area contributed by atoms with Crippen LogP contribution >= 0.6 is 0 Å². The molecule has 2 rings (SSSR count). The van der Waals surface area contributed by atoms with E-state index < -0.39 is 0 Å². The molecule has 0 saturated heterocycles. The molecular formula is C27H40O2. The van der Waals surface area contributed by atoms with Crippen LogP contribution in [0.2, 0.25) is 0 Å². The second-order valence-electron chi connectivity index (χ2n) is 9.30. The molecule has 1 heterocycles. The van der Waals surface area contributed by atoms with Crippen LogP contribution in [-0.4, -0.2) is 10.7 Å². The Morgan fingerprint density at radius 3 is 2.28 bits per heavy atom. The van der Waals surface area contributed by atoms with Crippen LogP contribution in [0.5, 0.6) is 11.5 Å². The Morgan fingerprint density at radius 2 is 1.62 bits per heavy atom. The number of hydrogen-bond donors (Lipinski definition) is 1. The summed E-state index contributed by atoms with van der Waals surface area (Å²) in [6.45, 7) is 13.1. The van der Waals surface area contributed by atoms with Crippen molar-refractivity contribution in [2.24, 2.45) is 0 Å². The predicted molar refractivity (Wildman–Crippen MR) is 125 cm³/mol. The maximum atomic E-state index is 9.80. The Bertz CT molecular complexity index is 778. The lowest BCUT2D eigenvalue weighted by atomic mass is 9.87. The molecule has 1 aromatic carbocycles. The number of ether oxygens (including phenoxy) is 1. The molecule has 0 spiro atoms. The van der Waals surface area contributed by atoms with Gasteiger partial charge in [-0.15, -0.1) is 0 Å². The molecular weight excluding hydrogens is 356 g/mol. The summed E-state index contributed by atoms with van der Waals surface area (Å²) in [5.74, 6) is 1.32. The highest BCUT2D eigenvalue weighted by atomic mass is 16.5. The maximum absolute atomic E-state index is 9.80. The van der Waals surface area contributed by atoms with Gasteiger partial charge in [-0.1, -0.05) is 34.9 Å². The minimum atomic E-state index is -0.118. The van der Waals surface area contributed by atoms with Gasteiger partial charge in [0.1, 0.15) is 17.1 Å². The molecule has 0 unspecified atom stereocenters. The topological polar surface area (TPSA) is 29.5 Å². The van der Waals surface area contributed by atoms with Crippen molar-refractivity contribution in [2.75, 3.05) is 0 Å². The average Bonchev–Trinajstić information content (AvgIpc) is 2.62. The molecule has 29 heavy (non-hydrogen) atoms. The molecule has 0 radical (unpaired) electrons. The smallest absolute Gasteiger partial charge is 0.126 e. The summed E-state index contributed by atoms with van der Waals surface area (Å²) in [7, 11) is 0. The van der Waals surface area contributed by atoms with Crippen LogP contribution in [0.3, 0.4) is 0 Å². The third-order valence-corrected chi connectivity index (χ3v) is 5.90. The molecule has 1 aliphatic heterocycles. The fourth-order valence-electron chi connectivity index (χ4n) is 3.99. The van der Waals surface area contributed by atoms with Gasteiger partial charge in [-0.05, 0) is 116 Å². The normalized spacial score (nSPS) is 19.5. The molecule has 2 nitrogen and oxygen atoms in total. The summed E-state index contributed by atoms with van der Waals surface area (Å²) in [5, 5.41) is 9.80. The van der Waals surface area contributed by atoms with Gasteiger partial charge in [0, 0.05) is 0 Å². The van der Waals surface area contributed by atoms with Crippen molar-refractivity contribution in [3.63, 3.8) is 0 Å². The highest BCUT2D eigenvalue weighted by Crippen LogP contribution is 2.39. The van der Waals surface area contributed by atoms with E-state index in [0.717, 1.165) is 61.8 Å². The van der Waals surface area contributed by atoms with Crippen LogP contribution in [0.25, 0.3) is 0 Å². The Kier molecular flexibility index (Phi) is 8.61. The first-order valence-electron chi connectivity index (χ1n) is 11.1. The number of phenols is 1. The summed E-state index contributed by atoms with van der Waals surface area (Å²) in [6.07, 6.45) is 15.8. The zero-order valence-electron chi connectivity index (χ0n) is 19.4. The van der Waals surface area contributed by atoms with Gasteiger partial charge in [-0.2, -0.15) is 0 Å². The molecule has 0 aliphatic carbocycles. The molecule has 1 aromatic rings. The molecule has 0 saturated carbocycles. The molecule has 1 aliphatic rings. The quantitative estimate of drug-likeness (QED) is 0.429. The molecule has 1 atom stereocenters. The molecule has 1 N–H and O–H groups in total. The molecule has 0 amide bonds. The van der Waals surface area contributed by atoms with Gasteiger partial charge in [0.05, 0.1) is 0 Å². The lowest BCUT2D eigenvalue weighted by Gasteiger charge is -2.36. The fourth-order valence-corrected chi connectivity index (χ4v) is 3.99. The summed E-state index contributed by atoms with van der Waals surface area (Å²) in [5.41, 5.74) is 6.43. The van der Waals surface area contributed by atoms with E-state index in [1.54, 1.807) is 6.07 Å². The van der Waals surface area contributed by atoms with Gasteiger partial charge in [-0.25, -0.2) is 0 Å². The first-order valence-corrected chi connectivity index (χ1v) is 11.1. The standard InChI is InChI=1S/C27H40O2/c1-20(2)10-7-11-21(3)12-8-13-22(4)14-9-16-27(6)17-15-24-19-25(28)18-23(5)26(24)29-27/h10,12,14,18-19,28H,7-9,11,13,15-17H2,1-6H3/b21-12+,22-14+/t27-/m0/s1. The molecule has 160 valence electrons. The third kappa shape index (κ3) is 7.76. The summed E-state index contributed by atoms with van der Waals surface area (Å²) in [6, 6.07) is 3.64. The predicted octanol–water partition coefficient (Wildman–Crippen LogP) is 7.98. The van der Waals surface area contributed by atoms with E-state index in [0.29, 0.717) is 5.75 Å². The first-order chi connectivity index (χ1) is 13.7. The Balaban J connectivity index is 1.79. The number of hydrogen-bond acceptors (Lipinski definition) is 2. The average molecular weight is 397 g/mol. The summed E-state index contributed by atoms with van der Waals surface area (Å²) < 4.78 is 6.40. The van der Waals surface area contributed by atoms with Crippen LogP contribution < -0.4 is 4.74 Å².